The van der Waals surface area contributed by atoms with Gasteiger partial charge in [0.2, 0.25) is 0 Å². The first kappa shape index (κ1) is 27.0. The summed E-state index contributed by atoms with van der Waals surface area (Å²) in [5.74, 6) is 2.07. The van der Waals surface area contributed by atoms with Crippen LogP contribution in [0.15, 0.2) is 168 Å². The molecule has 240 valence electrons. The molecule has 5 heteroatoms. The number of nitrogens with zero attached hydrogens (tertiary/aromatic N) is 3. The molecule has 0 aliphatic carbocycles. The molecular formula is C46H29N3O2. The third-order valence-electron chi connectivity index (χ3n) is 9.46. The maximum Gasteiger partial charge on any atom is 0.167 e. The minimum Gasteiger partial charge on any atom is -0.488 e. The van der Waals surface area contributed by atoms with Crippen LogP contribution in [0.1, 0.15) is 8.30 Å². The first-order chi connectivity index (χ1) is 26.0. The van der Waals surface area contributed by atoms with Crippen LogP contribution in [0.25, 0.3) is 89.5 Å². The van der Waals surface area contributed by atoms with Crippen LogP contribution in [0.2, 0.25) is 0 Å². The van der Waals surface area contributed by atoms with Gasteiger partial charge in [-0.1, -0.05) is 140 Å². The van der Waals surface area contributed by atoms with E-state index in [2.05, 4.69) is 54.6 Å². The molecule has 0 saturated heterocycles. The quantitative estimate of drug-likeness (QED) is 0.184. The Morgan fingerprint density at radius 3 is 1.96 bits per heavy atom. The van der Waals surface area contributed by atoms with Crippen molar-refractivity contribution in [1.29, 1.82) is 0 Å². The Balaban J connectivity index is 1.14. The van der Waals surface area contributed by atoms with Gasteiger partial charge >= 0.3 is 0 Å². The molecule has 10 rings (SSSR count). The van der Waals surface area contributed by atoms with E-state index in [1.54, 1.807) is 6.07 Å². The standard InChI is InChI=1S/C46H29N3O2/c1-2-11-29(12-3-1)30-23-25-31(26-24-30)44-47-45(49-46(48-44)39-20-9-19-38-37-17-6-7-21-40(37)51-43(38)39)33-15-8-14-32(27-33)35-18-10-22-41-42(35)36-16-5-4-13-34(36)28-50-41/h1-27H,28H2/i28D2. The van der Waals surface area contributed by atoms with Crippen LogP contribution in [0.3, 0.4) is 0 Å². The summed E-state index contributed by atoms with van der Waals surface area (Å²) in [5, 5.41) is 2.03. The molecule has 1 aliphatic heterocycles. The zero-order valence-corrected chi connectivity index (χ0v) is 27.2. The lowest BCUT2D eigenvalue weighted by molar-refractivity contribution is 0.302. The minimum absolute atomic E-state index is 0.499. The summed E-state index contributed by atoms with van der Waals surface area (Å²) < 4.78 is 29.6. The Hall–Kier alpha value is -6.85. The molecule has 0 spiro atoms. The predicted molar refractivity (Wildman–Crippen MR) is 204 cm³/mol. The summed E-state index contributed by atoms with van der Waals surface area (Å²) in [6.45, 7) is -1.94. The molecule has 0 amide bonds. The van der Waals surface area contributed by atoms with E-state index in [1.165, 1.54) is 0 Å². The van der Waals surface area contributed by atoms with Gasteiger partial charge in [0.1, 0.15) is 23.5 Å². The average Bonchev–Trinajstić information content (AvgIpc) is 3.60. The molecule has 0 fully saturated rings. The highest BCUT2D eigenvalue weighted by Gasteiger charge is 2.22. The van der Waals surface area contributed by atoms with E-state index >= 15 is 0 Å². The van der Waals surface area contributed by atoms with E-state index in [-0.39, 0.29) is 0 Å². The number of hydrogen-bond acceptors (Lipinski definition) is 5. The van der Waals surface area contributed by atoms with Gasteiger partial charge in [0.05, 0.1) is 8.30 Å². The number of fused-ring (bicyclic) bond motifs is 6. The third kappa shape index (κ3) is 5.06. The van der Waals surface area contributed by atoms with Crippen LogP contribution < -0.4 is 4.74 Å². The molecule has 0 N–H and O–H groups in total. The SMILES string of the molecule is [2H]C1([2H])Oc2cccc(-c3cccc(-c4nc(-c5ccc(-c6ccccc6)cc5)nc(-c5cccc6c5oc5ccccc56)n4)c3)c2-c2ccccc21. The number of rotatable bonds is 5. The van der Waals surface area contributed by atoms with Crippen molar-refractivity contribution in [3.05, 3.63) is 169 Å². The van der Waals surface area contributed by atoms with E-state index < -0.39 is 6.56 Å². The summed E-state index contributed by atoms with van der Waals surface area (Å²) in [6, 6.07) is 54.1. The van der Waals surface area contributed by atoms with E-state index in [1.807, 2.05) is 103 Å². The Bertz CT molecular complexity index is 2850. The largest absolute Gasteiger partial charge is 0.488 e. The van der Waals surface area contributed by atoms with Crippen LogP contribution in [-0.4, -0.2) is 15.0 Å². The van der Waals surface area contributed by atoms with Crippen molar-refractivity contribution in [2.45, 2.75) is 6.56 Å². The third-order valence-corrected chi connectivity index (χ3v) is 9.46. The van der Waals surface area contributed by atoms with Gasteiger partial charge in [-0.3, -0.25) is 0 Å². The lowest BCUT2D eigenvalue weighted by Crippen LogP contribution is -2.06. The number of hydrogen-bond donors (Lipinski definition) is 0. The highest BCUT2D eigenvalue weighted by atomic mass is 16.5. The van der Waals surface area contributed by atoms with E-state index in [9.17, 15) is 0 Å². The molecule has 0 radical (unpaired) electrons. The number of para-hydroxylation sites is 2. The highest BCUT2D eigenvalue weighted by molar-refractivity contribution is 6.09. The Morgan fingerprint density at radius 1 is 0.451 bits per heavy atom. The first-order valence-corrected chi connectivity index (χ1v) is 16.9. The molecule has 0 bridgehead atoms. The Kier molecular flexibility index (Phi) is 6.32. The second kappa shape index (κ2) is 11.9. The molecule has 0 saturated carbocycles. The molecule has 51 heavy (non-hydrogen) atoms. The second-order valence-electron chi connectivity index (χ2n) is 12.5. The number of furan rings is 1. The van der Waals surface area contributed by atoms with Crippen molar-refractivity contribution >= 4 is 21.9 Å². The topological polar surface area (TPSA) is 61.0 Å². The van der Waals surface area contributed by atoms with Crippen LogP contribution in [0, 0.1) is 0 Å². The fourth-order valence-electron chi connectivity index (χ4n) is 6.98. The van der Waals surface area contributed by atoms with Gasteiger partial charge < -0.3 is 9.15 Å². The number of aromatic nitrogens is 3. The maximum absolute atomic E-state index is 8.60. The van der Waals surface area contributed by atoms with Gasteiger partial charge in [-0.25, -0.2) is 15.0 Å². The molecule has 0 atom stereocenters. The molecular weight excluding hydrogens is 627 g/mol. The fraction of sp³-hybridized carbons (Fsp3) is 0.0217. The van der Waals surface area contributed by atoms with Gasteiger partial charge in [0, 0.05) is 27.5 Å². The van der Waals surface area contributed by atoms with Crippen LogP contribution in [0.5, 0.6) is 5.75 Å². The van der Waals surface area contributed by atoms with Gasteiger partial charge in [0.15, 0.2) is 17.5 Å². The fourth-order valence-corrected chi connectivity index (χ4v) is 6.98. The molecule has 9 aromatic rings. The summed E-state index contributed by atoms with van der Waals surface area (Å²) in [5.41, 5.74) is 10.2. The molecule has 7 aromatic carbocycles. The lowest BCUT2D eigenvalue weighted by atomic mass is 9.89. The number of benzene rings is 7. The van der Waals surface area contributed by atoms with Gasteiger partial charge in [0.25, 0.3) is 0 Å². The van der Waals surface area contributed by atoms with Crippen LogP contribution in [-0.2, 0) is 6.56 Å². The average molecular weight is 658 g/mol. The molecule has 3 heterocycles. The van der Waals surface area contributed by atoms with Crippen molar-refractivity contribution in [2.75, 3.05) is 0 Å². The highest BCUT2D eigenvalue weighted by Crippen LogP contribution is 2.44. The second-order valence-corrected chi connectivity index (χ2v) is 12.5. The number of ether oxygens (including phenoxy) is 1. The van der Waals surface area contributed by atoms with Gasteiger partial charge in [-0.05, 0) is 57.6 Å². The summed E-state index contributed by atoms with van der Waals surface area (Å²) in [4.78, 5) is 15.2. The smallest absolute Gasteiger partial charge is 0.167 e. The lowest BCUT2D eigenvalue weighted by Gasteiger charge is -2.23. The van der Waals surface area contributed by atoms with E-state index in [4.69, 9.17) is 26.8 Å². The predicted octanol–water partition coefficient (Wildman–Crippen LogP) is 11.7. The van der Waals surface area contributed by atoms with E-state index in [0.29, 0.717) is 28.8 Å². The Labute approximate surface area is 297 Å². The zero-order chi connectivity index (χ0) is 35.5. The van der Waals surface area contributed by atoms with E-state index in [0.717, 1.165) is 72.0 Å². The maximum atomic E-state index is 8.60. The van der Waals surface area contributed by atoms with Crippen molar-refractivity contribution in [3.8, 4) is 73.3 Å². The summed E-state index contributed by atoms with van der Waals surface area (Å²) in [7, 11) is 0. The molecule has 2 aromatic heterocycles. The summed E-state index contributed by atoms with van der Waals surface area (Å²) in [6.07, 6.45) is 0. The Morgan fingerprint density at radius 2 is 1.06 bits per heavy atom. The monoisotopic (exact) mass is 657 g/mol. The van der Waals surface area contributed by atoms with Crippen LogP contribution >= 0.6 is 0 Å². The van der Waals surface area contributed by atoms with Crippen LogP contribution in [0.4, 0.5) is 0 Å². The van der Waals surface area contributed by atoms with Crippen molar-refractivity contribution in [1.82, 2.24) is 15.0 Å². The summed E-state index contributed by atoms with van der Waals surface area (Å²) >= 11 is 0. The van der Waals surface area contributed by atoms with Gasteiger partial charge in [-0.15, -0.1) is 0 Å². The van der Waals surface area contributed by atoms with Crippen molar-refractivity contribution in [2.24, 2.45) is 0 Å². The normalized spacial score (nSPS) is 13.6. The zero-order valence-electron chi connectivity index (χ0n) is 29.2. The van der Waals surface area contributed by atoms with Crippen molar-refractivity contribution in [3.63, 3.8) is 0 Å². The molecule has 5 nitrogen and oxygen atoms in total. The minimum atomic E-state index is -1.94. The molecule has 1 aliphatic rings. The van der Waals surface area contributed by atoms with Crippen molar-refractivity contribution < 1.29 is 11.9 Å². The first-order valence-electron chi connectivity index (χ1n) is 17.9. The molecule has 0 unspecified atom stereocenters. The van der Waals surface area contributed by atoms with Gasteiger partial charge in [-0.2, -0.15) is 0 Å².